The summed E-state index contributed by atoms with van der Waals surface area (Å²) in [4.78, 5) is 2.34. The smallest absolute Gasteiger partial charge is 0.0453 e. The van der Waals surface area contributed by atoms with Crippen molar-refractivity contribution in [1.82, 2.24) is 4.90 Å². The third-order valence-corrected chi connectivity index (χ3v) is 3.60. The van der Waals surface area contributed by atoms with Gasteiger partial charge in [0.05, 0.1) is 0 Å². The lowest BCUT2D eigenvalue weighted by atomic mass is 10.1. The van der Waals surface area contributed by atoms with Gasteiger partial charge >= 0.3 is 0 Å². The first kappa shape index (κ1) is 13.9. The molecular formula is C13H20ClNS. The average Bonchev–Trinajstić information content (AvgIpc) is 2.29. The summed E-state index contributed by atoms with van der Waals surface area (Å²) in [6.45, 7) is 3.29. The molecule has 0 aliphatic carbocycles. The Bertz CT molecular complexity index is 317. The number of hydrogen-bond acceptors (Lipinski definition) is 2. The van der Waals surface area contributed by atoms with Crippen LogP contribution in [0.5, 0.6) is 0 Å². The molecule has 0 aliphatic rings. The van der Waals surface area contributed by atoms with Gasteiger partial charge < -0.3 is 0 Å². The molecule has 1 nitrogen and oxygen atoms in total. The van der Waals surface area contributed by atoms with Crippen molar-refractivity contribution in [3.05, 3.63) is 34.9 Å². The van der Waals surface area contributed by atoms with E-state index in [2.05, 4.69) is 37.6 Å². The Hall–Kier alpha value is -0.180. The molecule has 3 heteroatoms. The van der Waals surface area contributed by atoms with Crippen LogP contribution in [0.25, 0.3) is 0 Å². The van der Waals surface area contributed by atoms with Crippen LogP contribution < -0.4 is 0 Å². The Morgan fingerprint density at radius 3 is 2.62 bits per heavy atom. The molecule has 0 N–H and O–H groups in total. The molecule has 0 aromatic heterocycles. The Labute approximate surface area is 109 Å². The minimum Gasteiger partial charge on any atom is -0.300 e. The molecule has 90 valence electrons. The highest BCUT2D eigenvalue weighted by Crippen LogP contribution is 2.26. The Kier molecular flexibility index (Phi) is 6.25. The van der Waals surface area contributed by atoms with Gasteiger partial charge in [-0.3, -0.25) is 4.90 Å². The topological polar surface area (TPSA) is 3.24 Å². The lowest BCUT2D eigenvalue weighted by molar-refractivity contribution is 0.258. The molecule has 0 fully saturated rings. The Morgan fingerprint density at radius 2 is 2.00 bits per heavy atom. The molecule has 0 heterocycles. The molecule has 0 aliphatic heterocycles. The standard InChI is InChI=1S/C13H20ClNS/c1-11(15(2)9-5-6-10-16)12-7-3-4-8-13(12)14/h3-4,7-8,11,16H,5-6,9-10H2,1-2H3. The Balaban J connectivity index is 2.56. The second-order valence-corrected chi connectivity index (χ2v) is 4.96. The third-order valence-electron chi connectivity index (χ3n) is 2.94. The molecule has 0 saturated carbocycles. The summed E-state index contributed by atoms with van der Waals surface area (Å²) in [6, 6.07) is 8.43. The maximum atomic E-state index is 6.19. The first-order chi connectivity index (χ1) is 7.66. The third kappa shape index (κ3) is 4.00. The van der Waals surface area contributed by atoms with Gasteiger partial charge in [-0.05, 0) is 50.7 Å². The van der Waals surface area contributed by atoms with Crippen molar-refractivity contribution >= 4 is 24.2 Å². The zero-order valence-corrected chi connectivity index (χ0v) is 11.6. The van der Waals surface area contributed by atoms with E-state index in [9.17, 15) is 0 Å². The van der Waals surface area contributed by atoms with Crippen molar-refractivity contribution in [3.63, 3.8) is 0 Å². The molecule has 1 aromatic carbocycles. The molecule has 16 heavy (non-hydrogen) atoms. The fraction of sp³-hybridized carbons (Fsp3) is 0.538. The first-order valence-electron chi connectivity index (χ1n) is 5.72. The van der Waals surface area contributed by atoms with Gasteiger partial charge in [0.25, 0.3) is 0 Å². The minimum absolute atomic E-state index is 0.369. The summed E-state index contributed by atoms with van der Waals surface area (Å²) >= 11 is 10.4. The van der Waals surface area contributed by atoms with Crippen LogP contribution >= 0.6 is 24.2 Å². The van der Waals surface area contributed by atoms with Crippen LogP contribution in [0.2, 0.25) is 5.02 Å². The number of unbranched alkanes of at least 4 members (excludes halogenated alkanes) is 1. The molecule has 0 saturated heterocycles. The highest BCUT2D eigenvalue weighted by molar-refractivity contribution is 7.80. The van der Waals surface area contributed by atoms with Crippen LogP contribution in [0.3, 0.4) is 0 Å². The molecule has 0 radical (unpaired) electrons. The Morgan fingerprint density at radius 1 is 1.31 bits per heavy atom. The summed E-state index contributed by atoms with van der Waals surface area (Å²) in [5, 5.41) is 0.857. The fourth-order valence-corrected chi connectivity index (χ4v) is 2.24. The van der Waals surface area contributed by atoms with Crippen molar-refractivity contribution in [1.29, 1.82) is 0 Å². The highest BCUT2D eigenvalue weighted by atomic mass is 35.5. The van der Waals surface area contributed by atoms with Gasteiger partial charge in [-0.2, -0.15) is 12.6 Å². The lowest BCUT2D eigenvalue weighted by Gasteiger charge is -2.25. The monoisotopic (exact) mass is 257 g/mol. The van der Waals surface area contributed by atoms with Gasteiger partial charge in [0, 0.05) is 11.1 Å². The zero-order valence-electron chi connectivity index (χ0n) is 9.99. The van der Waals surface area contributed by atoms with E-state index in [0.717, 1.165) is 17.3 Å². The summed E-state index contributed by atoms with van der Waals surface area (Å²) in [5.41, 5.74) is 1.21. The molecule has 1 rings (SSSR count). The molecule has 1 aromatic rings. The van der Waals surface area contributed by atoms with E-state index >= 15 is 0 Å². The lowest BCUT2D eigenvalue weighted by Crippen LogP contribution is -2.23. The summed E-state index contributed by atoms with van der Waals surface area (Å²) in [6.07, 6.45) is 2.36. The maximum Gasteiger partial charge on any atom is 0.0453 e. The van der Waals surface area contributed by atoms with Crippen LogP contribution in [-0.4, -0.2) is 24.2 Å². The van der Waals surface area contributed by atoms with Crippen LogP contribution in [0.4, 0.5) is 0 Å². The number of thiol groups is 1. The van der Waals surface area contributed by atoms with Crippen molar-refractivity contribution in [3.8, 4) is 0 Å². The summed E-state index contributed by atoms with van der Waals surface area (Å²) in [5.74, 6) is 0.967. The molecule has 1 unspecified atom stereocenters. The van der Waals surface area contributed by atoms with Crippen LogP contribution in [0.1, 0.15) is 31.4 Å². The van der Waals surface area contributed by atoms with Gasteiger partial charge in [-0.15, -0.1) is 0 Å². The first-order valence-corrected chi connectivity index (χ1v) is 6.73. The molecule has 0 amide bonds. The second-order valence-electron chi connectivity index (χ2n) is 4.11. The van der Waals surface area contributed by atoms with Crippen LogP contribution in [-0.2, 0) is 0 Å². The van der Waals surface area contributed by atoms with Gasteiger partial charge in [0.2, 0.25) is 0 Å². The number of nitrogens with zero attached hydrogens (tertiary/aromatic N) is 1. The SMILES string of the molecule is CC(c1ccccc1Cl)N(C)CCCCS. The zero-order chi connectivity index (χ0) is 12.0. The van der Waals surface area contributed by atoms with E-state index in [4.69, 9.17) is 11.6 Å². The maximum absolute atomic E-state index is 6.19. The van der Waals surface area contributed by atoms with Crippen LogP contribution in [0.15, 0.2) is 24.3 Å². The molecule has 0 spiro atoms. The minimum atomic E-state index is 0.369. The van der Waals surface area contributed by atoms with Crippen molar-refractivity contribution in [2.45, 2.75) is 25.8 Å². The van der Waals surface area contributed by atoms with Crippen molar-refractivity contribution < 1.29 is 0 Å². The predicted molar refractivity (Wildman–Crippen MR) is 75.6 cm³/mol. The number of hydrogen-bond donors (Lipinski definition) is 1. The number of rotatable bonds is 6. The summed E-state index contributed by atoms with van der Waals surface area (Å²) < 4.78 is 0. The predicted octanol–water partition coefficient (Wildman–Crippen LogP) is 4.04. The fourth-order valence-electron chi connectivity index (χ4n) is 1.72. The van der Waals surface area contributed by atoms with Crippen LogP contribution in [0, 0.1) is 0 Å². The highest BCUT2D eigenvalue weighted by Gasteiger charge is 2.13. The van der Waals surface area contributed by atoms with E-state index in [-0.39, 0.29) is 0 Å². The number of halogens is 1. The normalized spacial score (nSPS) is 13.1. The average molecular weight is 258 g/mol. The van der Waals surface area contributed by atoms with Crippen molar-refractivity contribution in [2.75, 3.05) is 19.3 Å². The van der Waals surface area contributed by atoms with Gasteiger partial charge in [0.15, 0.2) is 0 Å². The quantitative estimate of drug-likeness (QED) is 0.595. The molecule has 0 bridgehead atoms. The van der Waals surface area contributed by atoms with Crippen molar-refractivity contribution in [2.24, 2.45) is 0 Å². The van der Waals surface area contributed by atoms with Gasteiger partial charge in [-0.25, -0.2) is 0 Å². The largest absolute Gasteiger partial charge is 0.300 e. The van der Waals surface area contributed by atoms with E-state index in [1.54, 1.807) is 0 Å². The van der Waals surface area contributed by atoms with E-state index in [1.807, 2.05) is 18.2 Å². The molecule has 1 atom stereocenters. The second kappa shape index (κ2) is 7.21. The van der Waals surface area contributed by atoms with E-state index in [1.165, 1.54) is 18.4 Å². The number of benzene rings is 1. The van der Waals surface area contributed by atoms with E-state index in [0.29, 0.717) is 6.04 Å². The van der Waals surface area contributed by atoms with Gasteiger partial charge in [0.1, 0.15) is 0 Å². The van der Waals surface area contributed by atoms with Gasteiger partial charge in [-0.1, -0.05) is 29.8 Å². The summed E-state index contributed by atoms with van der Waals surface area (Å²) in [7, 11) is 2.15. The van der Waals surface area contributed by atoms with E-state index < -0.39 is 0 Å². The molecular weight excluding hydrogens is 238 g/mol.